The Hall–Kier alpha value is -3.16. The van der Waals surface area contributed by atoms with Crippen LogP contribution < -0.4 is 10.6 Å². The number of carbonyl (C=O) groups is 3. The highest BCUT2D eigenvalue weighted by Crippen LogP contribution is 2.25. The molecule has 7 nitrogen and oxygen atoms in total. The molecule has 0 spiro atoms. The van der Waals surface area contributed by atoms with Crippen LogP contribution in [0, 0.1) is 5.82 Å². The molecule has 1 aromatic heterocycles. The van der Waals surface area contributed by atoms with E-state index in [1.54, 1.807) is 6.07 Å². The number of nitrogens with zero attached hydrogens (tertiary/aromatic N) is 1. The van der Waals surface area contributed by atoms with Crippen LogP contribution in [0.15, 0.2) is 47.1 Å². The van der Waals surface area contributed by atoms with Gasteiger partial charge in [-0.05, 0) is 49.1 Å². The lowest BCUT2D eigenvalue weighted by atomic mass is 9.94. The van der Waals surface area contributed by atoms with Gasteiger partial charge in [0, 0.05) is 12.6 Å². The fraction of sp³-hybridized carbons (Fsp3) is 0.480. The highest BCUT2D eigenvalue weighted by molar-refractivity contribution is 5.95. The molecule has 2 N–H and O–H groups in total. The van der Waals surface area contributed by atoms with Gasteiger partial charge < -0.3 is 20.0 Å². The zero-order valence-electron chi connectivity index (χ0n) is 19.0. The number of amides is 3. The predicted octanol–water partition coefficient (Wildman–Crippen LogP) is 3.97. The van der Waals surface area contributed by atoms with Gasteiger partial charge in [-0.15, -0.1) is 0 Å². The molecule has 1 aliphatic carbocycles. The molecule has 0 aliphatic heterocycles. The second-order valence-corrected chi connectivity index (χ2v) is 8.40. The lowest BCUT2D eigenvalue weighted by molar-refractivity contribution is -0.140. The van der Waals surface area contributed by atoms with E-state index in [0.29, 0.717) is 18.5 Å². The standard InChI is InChI=1S/C25H32FN3O4/c1-2-3-15-29(22(30)17-27-24(31)21-10-7-16-33-21)23(18-11-13-19(26)14-12-18)25(32)28-20-8-5-4-6-9-20/h7,10-14,16,20,23H,2-6,8-9,15,17H2,1H3,(H,27,31)(H,28,32)/t23-/m1/s1. The number of halogens is 1. The molecule has 1 atom stereocenters. The second kappa shape index (κ2) is 12.2. The molecule has 2 aromatic rings. The molecule has 1 aromatic carbocycles. The number of nitrogens with one attached hydrogen (secondary N) is 2. The Kier molecular flexibility index (Phi) is 9.04. The van der Waals surface area contributed by atoms with Crippen LogP contribution in [0.3, 0.4) is 0 Å². The maximum atomic E-state index is 13.6. The van der Waals surface area contributed by atoms with Crippen LogP contribution in [-0.2, 0) is 9.59 Å². The second-order valence-electron chi connectivity index (χ2n) is 8.40. The Morgan fingerprint density at radius 1 is 1.12 bits per heavy atom. The molecule has 0 unspecified atom stereocenters. The number of carbonyl (C=O) groups excluding carboxylic acids is 3. The average Bonchev–Trinajstić information content (AvgIpc) is 3.36. The van der Waals surface area contributed by atoms with E-state index in [1.807, 2.05) is 6.92 Å². The van der Waals surface area contributed by atoms with Gasteiger partial charge in [0.2, 0.25) is 11.8 Å². The summed E-state index contributed by atoms with van der Waals surface area (Å²) in [6, 6.07) is 7.90. The fourth-order valence-electron chi connectivity index (χ4n) is 4.12. The smallest absolute Gasteiger partial charge is 0.287 e. The zero-order chi connectivity index (χ0) is 23.6. The molecule has 3 amide bonds. The number of hydrogen-bond acceptors (Lipinski definition) is 4. The summed E-state index contributed by atoms with van der Waals surface area (Å²) in [7, 11) is 0. The third kappa shape index (κ3) is 6.91. The van der Waals surface area contributed by atoms with Crippen LogP contribution in [0.25, 0.3) is 0 Å². The number of furan rings is 1. The Morgan fingerprint density at radius 3 is 2.48 bits per heavy atom. The van der Waals surface area contributed by atoms with Gasteiger partial charge in [-0.25, -0.2) is 4.39 Å². The van der Waals surface area contributed by atoms with E-state index in [1.165, 1.54) is 41.5 Å². The Labute approximate surface area is 193 Å². The quantitative estimate of drug-likeness (QED) is 0.565. The van der Waals surface area contributed by atoms with Crippen molar-refractivity contribution in [2.24, 2.45) is 0 Å². The van der Waals surface area contributed by atoms with Crippen molar-refractivity contribution in [3.05, 3.63) is 59.8 Å². The number of benzene rings is 1. The van der Waals surface area contributed by atoms with E-state index in [-0.39, 0.29) is 24.3 Å². The molecule has 33 heavy (non-hydrogen) atoms. The largest absolute Gasteiger partial charge is 0.459 e. The number of rotatable bonds is 10. The predicted molar refractivity (Wildman–Crippen MR) is 122 cm³/mol. The van der Waals surface area contributed by atoms with Crippen molar-refractivity contribution >= 4 is 17.7 Å². The fourth-order valence-corrected chi connectivity index (χ4v) is 4.12. The van der Waals surface area contributed by atoms with Gasteiger partial charge in [-0.3, -0.25) is 14.4 Å². The van der Waals surface area contributed by atoms with Gasteiger partial charge in [0.25, 0.3) is 5.91 Å². The highest BCUT2D eigenvalue weighted by Gasteiger charge is 2.32. The Bertz CT molecular complexity index is 908. The van der Waals surface area contributed by atoms with E-state index in [2.05, 4.69) is 10.6 Å². The first kappa shape index (κ1) is 24.5. The molecule has 1 fully saturated rings. The summed E-state index contributed by atoms with van der Waals surface area (Å²) < 4.78 is 18.7. The van der Waals surface area contributed by atoms with E-state index >= 15 is 0 Å². The monoisotopic (exact) mass is 457 g/mol. The first-order chi connectivity index (χ1) is 16.0. The minimum Gasteiger partial charge on any atom is -0.459 e. The average molecular weight is 458 g/mol. The lowest BCUT2D eigenvalue weighted by Gasteiger charge is -2.33. The number of hydrogen-bond donors (Lipinski definition) is 2. The number of unbranched alkanes of at least 4 members (excludes halogenated alkanes) is 1. The summed E-state index contributed by atoms with van der Waals surface area (Å²) in [6.07, 6.45) is 7.98. The topological polar surface area (TPSA) is 91.7 Å². The van der Waals surface area contributed by atoms with Gasteiger partial charge in [0.05, 0.1) is 12.8 Å². The Balaban J connectivity index is 1.81. The van der Waals surface area contributed by atoms with E-state index in [0.717, 1.165) is 38.5 Å². The molecule has 1 heterocycles. The van der Waals surface area contributed by atoms with Gasteiger partial charge in [-0.1, -0.05) is 44.7 Å². The van der Waals surface area contributed by atoms with Gasteiger partial charge >= 0.3 is 0 Å². The Morgan fingerprint density at radius 2 is 1.85 bits per heavy atom. The summed E-state index contributed by atoms with van der Waals surface area (Å²) in [4.78, 5) is 40.4. The minimum absolute atomic E-state index is 0.0657. The van der Waals surface area contributed by atoms with E-state index in [4.69, 9.17) is 4.42 Å². The summed E-state index contributed by atoms with van der Waals surface area (Å²) in [5, 5.41) is 5.66. The molecule has 1 aliphatic rings. The first-order valence-corrected chi connectivity index (χ1v) is 11.7. The molecule has 0 bridgehead atoms. The van der Waals surface area contributed by atoms with Gasteiger partial charge in [0.15, 0.2) is 5.76 Å². The maximum absolute atomic E-state index is 13.6. The summed E-state index contributed by atoms with van der Waals surface area (Å²) in [5.41, 5.74) is 0.534. The van der Waals surface area contributed by atoms with Crippen molar-refractivity contribution in [3.8, 4) is 0 Å². The molecule has 0 saturated heterocycles. The van der Waals surface area contributed by atoms with Gasteiger partial charge in [0.1, 0.15) is 11.9 Å². The molecule has 0 radical (unpaired) electrons. The zero-order valence-corrected chi connectivity index (χ0v) is 19.0. The van der Waals surface area contributed by atoms with Crippen LogP contribution >= 0.6 is 0 Å². The third-order valence-electron chi connectivity index (χ3n) is 5.92. The van der Waals surface area contributed by atoms with Crippen molar-refractivity contribution in [1.82, 2.24) is 15.5 Å². The van der Waals surface area contributed by atoms with Crippen molar-refractivity contribution in [2.45, 2.75) is 64.0 Å². The van der Waals surface area contributed by atoms with Crippen molar-refractivity contribution in [2.75, 3.05) is 13.1 Å². The molecular weight excluding hydrogens is 425 g/mol. The van der Waals surface area contributed by atoms with Gasteiger partial charge in [-0.2, -0.15) is 0 Å². The molecule has 8 heteroatoms. The molecule has 3 rings (SSSR count). The molecule has 1 saturated carbocycles. The molecule has 178 valence electrons. The third-order valence-corrected chi connectivity index (χ3v) is 5.92. The maximum Gasteiger partial charge on any atom is 0.287 e. The van der Waals surface area contributed by atoms with Crippen molar-refractivity contribution in [3.63, 3.8) is 0 Å². The van der Waals surface area contributed by atoms with Crippen molar-refractivity contribution in [1.29, 1.82) is 0 Å². The van der Waals surface area contributed by atoms with Crippen LogP contribution in [-0.4, -0.2) is 41.8 Å². The van der Waals surface area contributed by atoms with E-state index in [9.17, 15) is 18.8 Å². The van der Waals surface area contributed by atoms with Crippen LogP contribution in [0.5, 0.6) is 0 Å². The molecular formula is C25H32FN3O4. The minimum atomic E-state index is -0.910. The first-order valence-electron chi connectivity index (χ1n) is 11.7. The SMILES string of the molecule is CCCCN(C(=O)CNC(=O)c1ccco1)[C@@H](C(=O)NC1CCCCC1)c1ccc(F)cc1. The normalized spacial score (nSPS) is 15.0. The van der Waals surface area contributed by atoms with Crippen LogP contribution in [0.1, 0.15) is 74.0 Å². The summed E-state index contributed by atoms with van der Waals surface area (Å²) in [5.74, 6) is -1.49. The summed E-state index contributed by atoms with van der Waals surface area (Å²) >= 11 is 0. The van der Waals surface area contributed by atoms with Crippen molar-refractivity contribution < 1.29 is 23.2 Å². The summed E-state index contributed by atoms with van der Waals surface area (Å²) in [6.45, 7) is 2.06. The lowest BCUT2D eigenvalue weighted by Crippen LogP contribution is -2.49. The highest BCUT2D eigenvalue weighted by atomic mass is 19.1. The van der Waals surface area contributed by atoms with Crippen LogP contribution in [0.2, 0.25) is 0 Å². The van der Waals surface area contributed by atoms with Crippen LogP contribution in [0.4, 0.5) is 4.39 Å². The van der Waals surface area contributed by atoms with E-state index < -0.39 is 23.7 Å².